The molecule has 0 atom stereocenters. The third-order valence-electron chi connectivity index (χ3n) is 2.34. The number of aromatic nitrogens is 2. The third kappa shape index (κ3) is 6.75. The van der Waals surface area contributed by atoms with Crippen molar-refractivity contribution in [3.8, 4) is 0 Å². The van der Waals surface area contributed by atoms with Crippen LogP contribution in [0.1, 0.15) is 20.7 Å². The van der Waals surface area contributed by atoms with Gasteiger partial charge in [-0.1, -0.05) is 0 Å². The van der Waals surface area contributed by atoms with E-state index < -0.39 is 33.4 Å². The van der Waals surface area contributed by atoms with E-state index in [9.17, 15) is 40.0 Å². The van der Waals surface area contributed by atoms with E-state index >= 15 is 0 Å². The maximum atomic E-state index is 10.2. The Balaban J connectivity index is 0.000000443. The maximum absolute atomic E-state index is 10.2. The van der Waals surface area contributed by atoms with Crippen LogP contribution in [-0.2, 0) is 19.5 Å². The van der Waals surface area contributed by atoms with Gasteiger partial charge in [0, 0.05) is 23.3 Å². The predicted molar refractivity (Wildman–Crippen MR) is 70.4 cm³/mol. The molecule has 2 aromatic heterocycles. The Hall–Kier alpha value is -3.34. The van der Waals surface area contributed by atoms with Gasteiger partial charge in [0.15, 0.2) is 0 Å². The Morgan fingerprint density at radius 1 is 0.800 bits per heavy atom. The predicted octanol–water partition coefficient (Wildman–Crippen LogP) is -1.30. The second kappa shape index (κ2) is 9.72. The third-order valence-corrected chi connectivity index (χ3v) is 2.34. The van der Waals surface area contributed by atoms with E-state index in [1.807, 2.05) is 0 Å². The van der Waals surface area contributed by atoms with E-state index in [-0.39, 0.29) is 30.6 Å². The zero-order chi connectivity index (χ0) is 18.3. The molecule has 0 spiro atoms. The summed E-state index contributed by atoms with van der Waals surface area (Å²) in [7, 11) is 0. The van der Waals surface area contributed by atoms with Gasteiger partial charge in [0.2, 0.25) is 0 Å². The molecule has 2 aromatic rings. The monoisotopic (exact) mass is 398 g/mol. The van der Waals surface area contributed by atoms with Crippen molar-refractivity contribution in [1.29, 1.82) is 0 Å². The van der Waals surface area contributed by atoms with Gasteiger partial charge in [-0.2, -0.15) is 0 Å². The first-order valence-electron chi connectivity index (χ1n) is 5.86. The molecule has 0 saturated heterocycles. The fourth-order valence-corrected chi connectivity index (χ4v) is 1.29. The molecule has 2 rings (SSSR count). The minimum Gasteiger partial charge on any atom is -0.545 e. The van der Waals surface area contributed by atoms with Crippen LogP contribution in [-0.4, -0.2) is 31.8 Å². The summed E-state index contributed by atoms with van der Waals surface area (Å²) in [6, 6.07) is 3.94. The summed E-state index contributed by atoms with van der Waals surface area (Å²) in [6.45, 7) is 0. The van der Waals surface area contributed by atoms with Gasteiger partial charge in [-0.05, 0) is 31.9 Å². The molecule has 0 aromatic carbocycles. The van der Waals surface area contributed by atoms with Crippen molar-refractivity contribution in [2.75, 3.05) is 0 Å². The molecule has 12 nitrogen and oxygen atoms in total. The van der Waals surface area contributed by atoms with Crippen molar-refractivity contribution in [3.63, 3.8) is 0 Å². The topological polar surface area (TPSA) is 192 Å². The molecular formula is C12H6N4O8Zn. The van der Waals surface area contributed by atoms with Crippen LogP contribution in [0.25, 0.3) is 0 Å². The van der Waals surface area contributed by atoms with E-state index in [1.165, 1.54) is 0 Å². The molecule has 25 heavy (non-hydrogen) atoms. The van der Waals surface area contributed by atoms with Crippen LogP contribution in [0.5, 0.6) is 0 Å². The smallest absolute Gasteiger partial charge is 0.545 e. The van der Waals surface area contributed by atoms with Crippen LogP contribution in [0, 0.1) is 20.2 Å². The summed E-state index contributed by atoms with van der Waals surface area (Å²) in [6.07, 6.45) is 2.09. The number of nitro groups is 2. The normalized spacial score (nSPS) is 8.96. The first-order valence-corrected chi connectivity index (χ1v) is 5.86. The molecule has 0 radical (unpaired) electrons. The zero-order valence-corrected chi connectivity index (χ0v) is 15.2. The Labute approximate surface area is 151 Å². The summed E-state index contributed by atoms with van der Waals surface area (Å²) >= 11 is 0. The molecule has 0 N–H and O–H groups in total. The minimum atomic E-state index is -1.46. The van der Waals surface area contributed by atoms with Gasteiger partial charge in [-0.15, -0.1) is 0 Å². The molecule has 0 saturated carbocycles. The summed E-state index contributed by atoms with van der Waals surface area (Å²) in [5, 5.41) is 40.6. The molecule has 0 aliphatic carbocycles. The van der Waals surface area contributed by atoms with Crippen LogP contribution in [0.15, 0.2) is 36.7 Å². The molecule has 0 amide bonds. The number of carbonyl (C=O) groups excluding carboxylic acids is 2. The van der Waals surface area contributed by atoms with E-state index in [1.54, 1.807) is 0 Å². The van der Waals surface area contributed by atoms with Crippen molar-refractivity contribution in [3.05, 3.63) is 68.0 Å². The number of carboxylic acid groups (broad SMARTS) is 2. The fourth-order valence-electron chi connectivity index (χ4n) is 1.29. The summed E-state index contributed by atoms with van der Waals surface area (Å²) < 4.78 is 0. The van der Waals surface area contributed by atoms with E-state index in [0.29, 0.717) is 0 Å². The van der Waals surface area contributed by atoms with Crippen LogP contribution in [0.2, 0.25) is 0 Å². The Morgan fingerprint density at radius 2 is 1.12 bits per heavy atom. The molecule has 0 bridgehead atoms. The molecule has 0 aliphatic rings. The van der Waals surface area contributed by atoms with Gasteiger partial charge in [0.25, 0.3) is 0 Å². The van der Waals surface area contributed by atoms with Crippen LogP contribution in [0.3, 0.4) is 0 Å². The Bertz CT molecular complexity index is 687. The van der Waals surface area contributed by atoms with Gasteiger partial charge in [-0.3, -0.25) is 0 Å². The molecule has 124 valence electrons. The summed E-state index contributed by atoms with van der Waals surface area (Å²) in [4.78, 5) is 45.8. The Kier molecular flexibility index (Phi) is 8.43. The molecule has 13 heteroatoms. The fraction of sp³-hybridized carbons (Fsp3) is 0. The first-order chi connectivity index (χ1) is 11.2. The number of rotatable bonds is 4. The quantitative estimate of drug-likeness (QED) is 0.339. The Morgan fingerprint density at radius 3 is 1.36 bits per heavy atom. The average Bonchev–Trinajstić information content (AvgIpc) is 2.55. The van der Waals surface area contributed by atoms with Crippen molar-refractivity contribution >= 4 is 23.6 Å². The van der Waals surface area contributed by atoms with Crippen molar-refractivity contribution in [1.82, 2.24) is 9.97 Å². The molecule has 0 aliphatic heterocycles. The van der Waals surface area contributed by atoms with Gasteiger partial charge < -0.3 is 40.0 Å². The van der Waals surface area contributed by atoms with Crippen molar-refractivity contribution in [2.24, 2.45) is 0 Å². The van der Waals surface area contributed by atoms with Gasteiger partial charge in [-0.25, -0.2) is 0 Å². The molecular weight excluding hydrogens is 394 g/mol. The number of carboxylic acids is 2. The second-order valence-corrected chi connectivity index (χ2v) is 3.89. The minimum absolute atomic E-state index is 0. The molecule has 2 heterocycles. The van der Waals surface area contributed by atoms with Crippen molar-refractivity contribution < 1.29 is 49.1 Å². The summed E-state index contributed by atoms with van der Waals surface area (Å²) in [5.41, 5.74) is -0.506. The number of nitrogens with zero attached hydrogens (tertiary/aromatic N) is 4. The number of aromatic carboxylic acids is 2. The maximum Gasteiger partial charge on any atom is 2.00 e. The number of hydrogen-bond acceptors (Lipinski definition) is 10. The first kappa shape index (κ1) is 21.7. The number of pyridine rings is 2. The van der Waals surface area contributed by atoms with E-state index in [2.05, 4.69) is 9.97 Å². The zero-order valence-electron chi connectivity index (χ0n) is 12.2. The van der Waals surface area contributed by atoms with Gasteiger partial charge in [0.05, 0.1) is 11.9 Å². The van der Waals surface area contributed by atoms with Crippen LogP contribution in [0.4, 0.5) is 11.6 Å². The van der Waals surface area contributed by atoms with Crippen molar-refractivity contribution in [2.45, 2.75) is 0 Å². The standard InChI is InChI=1S/2C6H4N2O4.Zn/c2*9-6(10)4-1-2-7-5(3-4)8(11)12;/h2*1-3H,(H,9,10);/q;;+2/p-2. The van der Waals surface area contributed by atoms with E-state index in [0.717, 1.165) is 36.7 Å². The van der Waals surface area contributed by atoms with Gasteiger partial charge >= 0.3 is 31.1 Å². The largest absolute Gasteiger partial charge is 2.00 e. The average molecular weight is 400 g/mol. The number of carbonyl (C=O) groups is 2. The summed E-state index contributed by atoms with van der Waals surface area (Å²) in [5.74, 6) is -3.92. The van der Waals surface area contributed by atoms with Crippen LogP contribution >= 0.6 is 0 Å². The second-order valence-electron chi connectivity index (χ2n) is 3.89. The number of hydrogen-bond donors (Lipinski definition) is 0. The molecule has 0 fully saturated rings. The van der Waals surface area contributed by atoms with Crippen LogP contribution < -0.4 is 10.2 Å². The SMILES string of the molecule is O=C([O-])c1ccnc([N+](=O)[O-])c1.O=C([O-])c1ccnc([N+](=O)[O-])c1.[Zn+2]. The molecule has 0 unspecified atom stereocenters. The van der Waals surface area contributed by atoms with Gasteiger partial charge in [0.1, 0.15) is 12.4 Å². The van der Waals surface area contributed by atoms with E-state index in [4.69, 9.17) is 0 Å².